The van der Waals surface area contributed by atoms with E-state index >= 15 is 0 Å². The van der Waals surface area contributed by atoms with E-state index in [-0.39, 0.29) is 11.5 Å². The monoisotopic (exact) mass is 338 g/mol. The van der Waals surface area contributed by atoms with Gasteiger partial charge in [0.05, 0.1) is 30.8 Å². The first-order valence-corrected chi connectivity index (χ1v) is 7.34. The standard InChI is InChI=1S/C10H8O3.C9H6O3/c1-12-10(11)8-2-3-9-7(6-8)4-5-13-9;10-9(11)7-1-2-8-6(5-7)3-4-12-8/h2-6H,1H3;1-5H,(H,10,11). The molecule has 6 heteroatoms. The summed E-state index contributed by atoms with van der Waals surface area (Å²) in [4.78, 5) is 21.7. The van der Waals surface area contributed by atoms with Gasteiger partial charge in [0, 0.05) is 10.8 Å². The SMILES string of the molecule is COC(=O)c1ccc2occc2c1.O=C(O)c1ccc2occc2c1. The molecule has 4 aromatic rings. The molecule has 0 spiro atoms. The van der Waals surface area contributed by atoms with Gasteiger partial charge in [-0.15, -0.1) is 0 Å². The zero-order valence-corrected chi connectivity index (χ0v) is 13.3. The normalized spacial score (nSPS) is 10.3. The van der Waals surface area contributed by atoms with Crippen molar-refractivity contribution < 1.29 is 28.3 Å². The van der Waals surface area contributed by atoms with Gasteiger partial charge in [0.15, 0.2) is 0 Å². The van der Waals surface area contributed by atoms with Gasteiger partial charge in [-0.3, -0.25) is 0 Å². The van der Waals surface area contributed by atoms with Crippen molar-refractivity contribution in [1.82, 2.24) is 0 Å². The maximum atomic E-state index is 11.1. The van der Waals surface area contributed by atoms with Crippen LogP contribution in [0, 0.1) is 0 Å². The lowest BCUT2D eigenvalue weighted by Crippen LogP contribution is -1.99. The number of carbonyl (C=O) groups excluding carboxylic acids is 1. The van der Waals surface area contributed by atoms with E-state index in [0.29, 0.717) is 11.1 Å². The molecule has 0 aliphatic carbocycles. The smallest absolute Gasteiger partial charge is 0.337 e. The van der Waals surface area contributed by atoms with Crippen molar-refractivity contribution in [2.45, 2.75) is 0 Å². The molecule has 0 bridgehead atoms. The molecular weight excluding hydrogens is 324 g/mol. The molecule has 0 aliphatic heterocycles. The third-order valence-corrected chi connectivity index (χ3v) is 3.57. The fraction of sp³-hybridized carbons (Fsp3) is 0.0526. The second-order valence-electron chi connectivity index (χ2n) is 5.14. The van der Waals surface area contributed by atoms with Crippen molar-refractivity contribution in [1.29, 1.82) is 0 Å². The first-order chi connectivity index (χ1) is 12.1. The minimum atomic E-state index is -0.918. The summed E-state index contributed by atoms with van der Waals surface area (Å²) in [5.41, 5.74) is 2.30. The van der Waals surface area contributed by atoms with E-state index in [2.05, 4.69) is 4.74 Å². The summed E-state index contributed by atoms with van der Waals surface area (Å²) in [6, 6.07) is 13.5. The van der Waals surface area contributed by atoms with Crippen LogP contribution in [0.2, 0.25) is 0 Å². The van der Waals surface area contributed by atoms with Crippen LogP contribution in [0.5, 0.6) is 0 Å². The van der Waals surface area contributed by atoms with E-state index in [1.807, 2.05) is 6.07 Å². The summed E-state index contributed by atoms with van der Waals surface area (Å²) in [6.07, 6.45) is 3.13. The Bertz CT molecular complexity index is 1040. The maximum Gasteiger partial charge on any atom is 0.337 e. The third kappa shape index (κ3) is 3.53. The van der Waals surface area contributed by atoms with Crippen LogP contribution in [-0.4, -0.2) is 24.2 Å². The molecule has 2 aromatic carbocycles. The minimum absolute atomic E-state index is 0.281. The summed E-state index contributed by atoms with van der Waals surface area (Å²) in [5.74, 6) is -1.25. The predicted molar refractivity (Wildman–Crippen MR) is 90.7 cm³/mol. The summed E-state index contributed by atoms with van der Waals surface area (Å²) in [5, 5.41) is 10.4. The van der Waals surface area contributed by atoms with E-state index < -0.39 is 5.97 Å². The molecule has 0 amide bonds. The maximum absolute atomic E-state index is 11.1. The van der Waals surface area contributed by atoms with Gasteiger partial charge in [0.25, 0.3) is 0 Å². The first-order valence-electron chi connectivity index (χ1n) is 7.34. The molecule has 0 saturated heterocycles. The topological polar surface area (TPSA) is 89.9 Å². The molecule has 0 fully saturated rings. The van der Waals surface area contributed by atoms with E-state index in [9.17, 15) is 9.59 Å². The number of hydrogen-bond acceptors (Lipinski definition) is 5. The molecule has 2 heterocycles. The van der Waals surface area contributed by atoms with Crippen molar-refractivity contribution in [2.75, 3.05) is 7.11 Å². The van der Waals surface area contributed by atoms with Crippen LogP contribution in [0.15, 0.2) is 69.9 Å². The highest BCUT2D eigenvalue weighted by atomic mass is 16.5. The summed E-state index contributed by atoms with van der Waals surface area (Å²) in [6.45, 7) is 0. The van der Waals surface area contributed by atoms with E-state index in [1.54, 1.807) is 42.7 Å². The number of esters is 1. The fourth-order valence-electron chi connectivity index (χ4n) is 2.31. The third-order valence-electron chi connectivity index (χ3n) is 3.57. The lowest BCUT2D eigenvalue weighted by molar-refractivity contribution is 0.0600. The molecule has 0 saturated carbocycles. The predicted octanol–water partition coefficient (Wildman–Crippen LogP) is 4.35. The Labute approximate surface area is 142 Å². The quantitative estimate of drug-likeness (QED) is 0.546. The molecule has 0 aliphatic rings. The molecule has 25 heavy (non-hydrogen) atoms. The van der Waals surface area contributed by atoms with Gasteiger partial charge < -0.3 is 18.7 Å². The largest absolute Gasteiger partial charge is 0.478 e. The Morgan fingerprint density at radius 2 is 1.36 bits per heavy atom. The van der Waals surface area contributed by atoms with E-state index in [1.165, 1.54) is 19.4 Å². The van der Waals surface area contributed by atoms with Crippen molar-refractivity contribution in [3.05, 3.63) is 72.2 Å². The molecule has 1 N–H and O–H groups in total. The number of rotatable bonds is 2. The van der Waals surface area contributed by atoms with Crippen molar-refractivity contribution in [2.24, 2.45) is 0 Å². The fourth-order valence-corrected chi connectivity index (χ4v) is 2.31. The van der Waals surface area contributed by atoms with Gasteiger partial charge in [-0.2, -0.15) is 0 Å². The molecule has 6 nitrogen and oxygen atoms in total. The zero-order chi connectivity index (χ0) is 17.8. The minimum Gasteiger partial charge on any atom is -0.478 e. The Kier molecular flexibility index (Phi) is 4.52. The van der Waals surface area contributed by atoms with Crippen molar-refractivity contribution >= 4 is 33.9 Å². The number of furan rings is 2. The number of carboxylic acid groups (broad SMARTS) is 1. The summed E-state index contributed by atoms with van der Waals surface area (Å²) < 4.78 is 14.8. The van der Waals surface area contributed by atoms with E-state index in [0.717, 1.165) is 16.4 Å². The van der Waals surface area contributed by atoms with E-state index in [4.69, 9.17) is 13.9 Å². The highest BCUT2D eigenvalue weighted by Crippen LogP contribution is 2.17. The van der Waals surface area contributed by atoms with Crippen molar-refractivity contribution in [3.8, 4) is 0 Å². The number of hydrogen-bond donors (Lipinski definition) is 1. The lowest BCUT2D eigenvalue weighted by atomic mass is 10.2. The Hall–Kier alpha value is -3.54. The number of aromatic carboxylic acids is 1. The second kappa shape index (κ2) is 6.92. The first kappa shape index (κ1) is 16.3. The highest BCUT2D eigenvalue weighted by molar-refractivity contribution is 5.94. The van der Waals surface area contributed by atoms with Crippen LogP contribution >= 0.6 is 0 Å². The van der Waals surface area contributed by atoms with Crippen LogP contribution in [-0.2, 0) is 4.74 Å². The average Bonchev–Trinajstić information content (AvgIpc) is 3.28. The highest BCUT2D eigenvalue weighted by Gasteiger charge is 2.06. The van der Waals surface area contributed by atoms with Gasteiger partial charge in [-0.25, -0.2) is 9.59 Å². The van der Waals surface area contributed by atoms with Gasteiger partial charge in [-0.05, 0) is 48.5 Å². The van der Waals surface area contributed by atoms with Gasteiger partial charge in [0.1, 0.15) is 11.2 Å². The molecule has 0 radical (unpaired) electrons. The van der Waals surface area contributed by atoms with Crippen LogP contribution in [0.3, 0.4) is 0 Å². The Morgan fingerprint density at radius 3 is 1.88 bits per heavy atom. The number of ether oxygens (including phenoxy) is 1. The molecule has 0 unspecified atom stereocenters. The van der Waals surface area contributed by atoms with Crippen LogP contribution in [0.1, 0.15) is 20.7 Å². The number of carboxylic acids is 1. The number of fused-ring (bicyclic) bond motifs is 2. The Balaban J connectivity index is 0.000000146. The average molecular weight is 338 g/mol. The second-order valence-corrected chi connectivity index (χ2v) is 5.14. The number of benzene rings is 2. The molecule has 0 atom stereocenters. The van der Waals surface area contributed by atoms with Crippen LogP contribution in [0.25, 0.3) is 21.9 Å². The summed E-state index contributed by atoms with van der Waals surface area (Å²) >= 11 is 0. The van der Waals surface area contributed by atoms with Crippen molar-refractivity contribution in [3.63, 3.8) is 0 Å². The molecule has 4 rings (SSSR count). The van der Waals surface area contributed by atoms with Gasteiger partial charge >= 0.3 is 11.9 Å². The van der Waals surface area contributed by atoms with Gasteiger partial charge in [-0.1, -0.05) is 0 Å². The molecular formula is C19H14O6. The Morgan fingerprint density at radius 1 is 0.840 bits per heavy atom. The lowest BCUT2D eigenvalue weighted by Gasteiger charge is -1.97. The number of carbonyl (C=O) groups is 2. The van der Waals surface area contributed by atoms with Crippen LogP contribution < -0.4 is 0 Å². The summed E-state index contributed by atoms with van der Waals surface area (Å²) in [7, 11) is 1.36. The molecule has 2 aromatic heterocycles. The molecule has 126 valence electrons. The van der Waals surface area contributed by atoms with Crippen LogP contribution in [0.4, 0.5) is 0 Å². The van der Waals surface area contributed by atoms with Gasteiger partial charge in [0.2, 0.25) is 0 Å². The number of methoxy groups -OCH3 is 1. The zero-order valence-electron chi connectivity index (χ0n) is 13.3.